The maximum Gasteiger partial charge on any atom is 0.0917 e. The summed E-state index contributed by atoms with van der Waals surface area (Å²) in [5.74, 6) is 0. The molecule has 1 saturated heterocycles. The van der Waals surface area contributed by atoms with Gasteiger partial charge in [-0.25, -0.2) is 0 Å². The van der Waals surface area contributed by atoms with E-state index < -0.39 is 6.10 Å². The van der Waals surface area contributed by atoms with Crippen LogP contribution in [0.15, 0.2) is 18.2 Å². The SMILES string of the molecule is Cc1ccc(C(O)CN2CCCC2)cc1N. The van der Waals surface area contributed by atoms with Gasteiger partial charge in [-0.15, -0.1) is 0 Å². The summed E-state index contributed by atoms with van der Waals surface area (Å²) in [6, 6.07) is 5.82. The molecule has 0 aromatic heterocycles. The van der Waals surface area contributed by atoms with Gasteiger partial charge in [0.05, 0.1) is 6.10 Å². The summed E-state index contributed by atoms with van der Waals surface area (Å²) in [5, 5.41) is 10.1. The van der Waals surface area contributed by atoms with Crippen LogP contribution >= 0.6 is 0 Å². The van der Waals surface area contributed by atoms with Gasteiger partial charge in [-0.2, -0.15) is 0 Å². The summed E-state index contributed by atoms with van der Waals surface area (Å²) < 4.78 is 0. The lowest BCUT2D eigenvalue weighted by molar-refractivity contribution is 0.126. The molecule has 3 N–H and O–H groups in total. The Balaban J connectivity index is 2.02. The number of hydrogen-bond donors (Lipinski definition) is 2. The summed E-state index contributed by atoms with van der Waals surface area (Å²) >= 11 is 0. The molecule has 1 heterocycles. The lowest BCUT2D eigenvalue weighted by atomic mass is 10.1. The molecule has 3 nitrogen and oxygen atoms in total. The number of aliphatic hydroxyl groups excluding tert-OH is 1. The lowest BCUT2D eigenvalue weighted by Crippen LogP contribution is -2.25. The van der Waals surface area contributed by atoms with Gasteiger partial charge in [0.2, 0.25) is 0 Å². The first-order valence-corrected chi connectivity index (χ1v) is 5.93. The highest BCUT2D eigenvalue weighted by molar-refractivity contribution is 5.48. The number of hydrogen-bond acceptors (Lipinski definition) is 3. The minimum atomic E-state index is -0.416. The summed E-state index contributed by atoms with van der Waals surface area (Å²) in [6.45, 7) is 4.92. The second kappa shape index (κ2) is 4.85. The summed E-state index contributed by atoms with van der Waals surface area (Å²) in [6.07, 6.45) is 2.09. The fourth-order valence-electron chi connectivity index (χ4n) is 2.18. The number of anilines is 1. The van der Waals surface area contributed by atoms with E-state index in [0.717, 1.165) is 36.4 Å². The number of aliphatic hydroxyl groups is 1. The first-order chi connectivity index (χ1) is 7.66. The predicted molar refractivity (Wildman–Crippen MR) is 66.2 cm³/mol. The Bertz CT molecular complexity index is 359. The van der Waals surface area contributed by atoms with Crippen molar-refractivity contribution in [2.45, 2.75) is 25.9 Å². The highest BCUT2D eigenvalue weighted by Gasteiger charge is 2.17. The molecule has 1 aliphatic heterocycles. The van der Waals surface area contributed by atoms with Crippen LogP contribution in [0.1, 0.15) is 30.1 Å². The molecule has 1 aromatic carbocycles. The van der Waals surface area contributed by atoms with Crippen LogP contribution in [0.5, 0.6) is 0 Å². The van der Waals surface area contributed by atoms with Crippen LogP contribution in [0.2, 0.25) is 0 Å². The second-order valence-corrected chi connectivity index (χ2v) is 4.64. The Morgan fingerprint density at radius 2 is 2.06 bits per heavy atom. The average molecular weight is 220 g/mol. The topological polar surface area (TPSA) is 49.5 Å². The van der Waals surface area contributed by atoms with E-state index in [0.29, 0.717) is 0 Å². The smallest absolute Gasteiger partial charge is 0.0917 e. The molecule has 0 amide bonds. The first kappa shape index (κ1) is 11.4. The predicted octanol–water partition coefficient (Wildman–Crippen LogP) is 1.71. The molecule has 88 valence electrons. The number of aryl methyl sites for hydroxylation is 1. The summed E-state index contributed by atoms with van der Waals surface area (Å²) in [4.78, 5) is 2.31. The van der Waals surface area contributed by atoms with Gasteiger partial charge in [0.15, 0.2) is 0 Å². The third kappa shape index (κ3) is 2.54. The zero-order valence-corrected chi connectivity index (χ0v) is 9.82. The minimum Gasteiger partial charge on any atom is -0.399 e. The highest BCUT2D eigenvalue weighted by Crippen LogP contribution is 2.21. The zero-order valence-electron chi connectivity index (χ0n) is 9.82. The van der Waals surface area contributed by atoms with Crippen molar-refractivity contribution in [3.8, 4) is 0 Å². The third-order valence-electron chi connectivity index (χ3n) is 3.32. The molecule has 2 rings (SSSR count). The maximum absolute atomic E-state index is 10.1. The fourth-order valence-corrected chi connectivity index (χ4v) is 2.18. The van der Waals surface area contributed by atoms with E-state index >= 15 is 0 Å². The largest absolute Gasteiger partial charge is 0.399 e. The Kier molecular flexibility index (Phi) is 3.46. The van der Waals surface area contributed by atoms with E-state index in [9.17, 15) is 5.11 Å². The van der Waals surface area contributed by atoms with Crippen molar-refractivity contribution in [1.29, 1.82) is 0 Å². The molecule has 0 saturated carbocycles. The molecule has 0 bridgehead atoms. The van der Waals surface area contributed by atoms with E-state index in [2.05, 4.69) is 4.90 Å². The third-order valence-corrected chi connectivity index (χ3v) is 3.32. The van der Waals surface area contributed by atoms with Crippen LogP contribution in [0.3, 0.4) is 0 Å². The fraction of sp³-hybridized carbons (Fsp3) is 0.538. The first-order valence-electron chi connectivity index (χ1n) is 5.93. The normalized spacial score (nSPS) is 18.9. The van der Waals surface area contributed by atoms with Gasteiger partial charge in [-0.1, -0.05) is 12.1 Å². The van der Waals surface area contributed by atoms with Gasteiger partial charge >= 0.3 is 0 Å². The van der Waals surface area contributed by atoms with Crippen LogP contribution in [0.4, 0.5) is 5.69 Å². The van der Waals surface area contributed by atoms with E-state index in [1.807, 2.05) is 25.1 Å². The van der Waals surface area contributed by atoms with Crippen molar-refractivity contribution >= 4 is 5.69 Å². The van der Waals surface area contributed by atoms with E-state index in [-0.39, 0.29) is 0 Å². The molecule has 0 aliphatic carbocycles. The van der Waals surface area contributed by atoms with Crippen molar-refractivity contribution in [3.63, 3.8) is 0 Å². The Morgan fingerprint density at radius 3 is 2.69 bits per heavy atom. The van der Waals surface area contributed by atoms with E-state index in [4.69, 9.17) is 5.73 Å². The minimum absolute atomic E-state index is 0.416. The van der Waals surface area contributed by atoms with Crippen molar-refractivity contribution in [3.05, 3.63) is 29.3 Å². The van der Waals surface area contributed by atoms with Gasteiger partial charge in [0.1, 0.15) is 0 Å². The lowest BCUT2D eigenvalue weighted by Gasteiger charge is -2.20. The van der Waals surface area contributed by atoms with Crippen LogP contribution in [0.25, 0.3) is 0 Å². The van der Waals surface area contributed by atoms with Gasteiger partial charge in [-0.3, -0.25) is 0 Å². The molecule has 0 spiro atoms. The standard InChI is InChI=1S/C13H20N2O/c1-10-4-5-11(8-12(10)14)13(16)9-15-6-2-3-7-15/h4-5,8,13,16H,2-3,6-7,9,14H2,1H3. The molecular formula is C13H20N2O. The molecule has 0 radical (unpaired) electrons. The van der Waals surface area contributed by atoms with Crippen molar-refractivity contribution in [2.24, 2.45) is 0 Å². The molecule has 1 unspecified atom stereocenters. The number of nitrogen functional groups attached to an aromatic ring is 1. The number of likely N-dealkylation sites (tertiary alicyclic amines) is 1. The molecule has 1 aliphatic rings. The van der Waals surface area contributed by atoms with E-state index in [1.54, 1.807) is 0 Å². The van der Waals surface area contributed by atoms with Crippen LogP contribution in [0, 0.1) is 6.92 Å². The van der Waals surface area contributed by atoms with Crippen LogP contribution in [-0.2, 0) is 0 Å². The summed E-state index contributed by atoms with van der Waals surface area (Å²) in [7, 11) is 0. The Labute approximate surface area is 96.9 Å². The van der Waals surface area contributed by atoms with E-state index in [1.165, 1.54) is 12.8 Å². The van der Waals surface area contributed by atoms with Gasteiger partial charge in [0, 0.05) is 12.2 Å². The molecule has 1 atom stereocenters. The van der Waals surface area contributed by atoms with Gasteiger partial charge in [-0.05, 0) is 50.0 Å². The van der Waals surface area contributed by atoms with Crippen LogP contribution < -0.4 is 5.73 Å². The highest BCUT2D eigenvalue weighted by atomic mass is 16.3. The second-order valence-electron chi connectivity index (χ2n) is 4.64. The van der Waals surface area contributed by atoms with Crippen molar-refractivity contribution in [1.82, 2.24) is 4.90 Å². The molecule has 1 fully saturated rings. The Morgan fingerprint density at radius 1 is 1.38 bits per heavy atom. The van der Waals surface area contributed by atoms with Crippen molar-refractivity contribution < 1.29 is 5.11 Å². The van der Waals surface area contributed by atoms with Gasteiger partial charge < -0.3 is 15.7 Å². The summed E-state index contributed by atoms with van der Waals surface area (Å²) in [5.41, 5.74) is 8.60. The number of rotatable bonds is 3. The van der Waals surface area contributed by atoms with Crippen LogP contribution in [-0.4, -0.2) is 29.6 Å². The molecular weight excluding hydrogens is 200 g/mol. The zero-order chi connectivity index (χ0) is 11.5. The average Bonchev–Trinajstić information content (AvgIpc) is 2.74. The maximum atomic E-state index is 10.1. The Hall–Kier alpha value is -1.06. The van der Waals surface area contributed by atoms with Crippen molar-refractivity contribution in [2.75, 3.05) is 25.4 Å². The monoisotopic (exact) mass is 220 g/mol. The van der Waals surface area contributed by atoms with Gasteiger partial charge in [0.25, 0.3) is 0 Å². The number of β-amino-alcohol motifs (C(OH)–C–C–N with tert-alkyl or cyclic N) is 1. The number of nitrogens with zero attached hydrogens (tertiary/aromatic N) is 1. The quantitative estimate of drug-likeness (QED) is 0.762. The number of nitrogens with two attached hydrogens (primary N) is 1. The molecule has 16 heavy (non-hydrogen) atoms. The number of benzene rings is 1. The molecule has 1 aromatic rings. The molecule has 3 heteroatoms.